The number of hydrogen-bond donors (Lipinski definition) is 0. The largest absolute Gasteiger partial charge is 0.376 e. The van der Waals surface area contributed by atoms with Gasteiger partial charge in [-0.2, -0.15) is 0 Å². The SMILES string of the molecule is CC1C2OCCC2CN1C. The van der Waals surface area contributed by atoms with Crippen LogP contribution in [0.25, 0.3) is 0 Å². The lowest BCUT2D eigenvalue weighted by Gasteiger charge is -2.18. The number of likely N-dealkylation sites (N-methyl/N-ethyl adjacent to an activating group) is 1. The molecule has 0 radical (unpaired) electrons. The van der Waals surface area contributed by atoms with Crippen LogP contribution in [0.15, 0.2) is 0 Å². The number of ether oxygens (including phenoxy) is 1. The van der Waals surface area contributed by atoms with Crippen LogP contribution in [0.5, 0.6) is 0 Å². The molecule has 10 heavy (non-hydrogen) atoms. The van der Waals surface area contributed by atoms with Gasteiger partial charge in [0.25, 0.3) is 0 Å². The van der Waals surface area contributed by atoms with Gasteiger partial charge in [0, 0.05) is 25.1 Å². The average Bonchev–Trinajstić information content (AvgIpc) is 2.41. The lowest BCUT2D eigenvalue weighted by molar-refractivity contribution is 0.0716. The molecule has 0 N–H and O–H groups in total. The molecular weight excluding hydrogens is 126 g/mol. The molecular formula is C8H15NO. The van der Waals surface area contributed by atoms with Crippen LogP contribution in [0.1, 0.15) is 13.3 Å². The fourth-order valence-corrected chi connectivity index (χ4v) is 2.17. The highest BCUT2D eigenvalue weighted by Crippen LogP contribution is 2.32. The quantitative estimate of drug-likeness (QED) is 0.493. The molecule has 3 unspecified atom stereocenters. The van der Waals surface area contributed by atoms with Gasteiger partial charge in [-0.05, 0) is 20.4 Å². The van der Waals surface area contributed by atoms with Gasteiger partial charge in [0.15, 0.2) is 0 Å². The minimum Gasteiger partial charge on any atom is -0.376 e. The molecule has 2 rings (SSSR count). The van der Waals surface area contributed by atoms with Crippen LogP contribution in [0.3, 0.4) is 0 Å². The maximum atomic E-state index is 5.62. The molecule has 0 aromatic rings. The van der Waals surface area contributed by atoms with Gasteiger partial charge in [-0.25, -0.2) is 0 Å². The minimum atomic E-state index is 0.546. The van der Waals surface area contributed by atoms with Crippen LogP contribution >= 0.6 is 0 Å². The highest BCUT2D eigenvalue weighted by Gasteiger charge is 2.40. The van der Waals surface area contributed by atoms with Crippen molar-refractivity contribution in [2.45, 2.75) is 25.5 Å². The number of likely N-dealkylation sites (tertiary alicyclic amines) is 1. The van der Waals surface area contributed by atoms with Crippen LogP contribution < -0.4 is 0 Å². The van der Waals surface area contributed by atoms with E-state index < -0.39 is 0 Å². The third kappa shape index (κ3) is 0.789. The van der Waals surface area contributed by atoms with Crippen LogP contribution in [-0.2, 0) is 4.74 Å². The number of hydrogen-bond acceptors (Lipinski definition) is 2. The van der Waals surface area contributed by atoms with E-state index >= 15 is 0 Å². The Balaban J connectivity index is 2.09. The Morgan fingerprint density at radius 3 is 3.00 bits per heavy atom. The molecule has 0 bridgehead atoms. The zero-order chi connectivity index (χ0) is 7.14. The van der Waals surface area contributed by atoms with Gasteiger partial charge in [-0.3, -0.25) is 0 Å². The Morgan fingerprint density at radius 1 is 1.50 bits per heavy atom. The van der Waals surface area contributed by atoms with Gasteiger partial charge in [0.2, 0.25) is 0 Å². The van der Waals surface area contributed by atoms with E-state index in [0.29, 0.717) is 12.1 Å². The van der Waals surface area contributed by atoms with E-state index in [1.807, 2.05) is 0 Å². The Labute approximate surface area is 62.2 Å². The van der Waals surface area contributed by atoms with E-state index in [0.717, 1.165) is 12.5 Å². The highest BCUT2D eigenvalue weighted by molar-refractivity contribution is 4.92. The first-order chi connectivity index (χ1) is 4.79. The van der Waals surface area contributed by atoms with Gasteiger partial charge in [-0.1, -0.05) is 0 Å². The second kappa shape index (κ2) is 2.21. The molecule has 2 fully saturated rings. The van der Waals surface area contributed by atoms with E-state index in [1.165, 1.54) is 13.0 Å². The summed E-state index contributed by atoms with van der Waals surface area (Å²) in [6.45, 7) is 4.50. The van der Waals surface area contributed by atoms with Crippen LogP contribution in [0, 0.1) is 5.92 Å². The lowest BCUT2D eigenvalue weighted by Crippen LogP contribution is -2.29. The fraction of sp³-hybridized carbons (Fsp3) is 1.00. The molecule has 2 nitrogen and oxygen atoms in total. The van der Waals surface area contributed by atoms with Crippen LogP contribution in [0.4, 0.5) is 0 Å². The summed E-state index contributed by atoms with van der Waals surface area (Å²) in [5, 5.41) is 0. The first kappa shape index (κ1) is 6.62. The Morgan fingerprint density at radius 2 is 2.30 bits per heavy atom. The summed E-state index contributed by atoms with van der Waals surface area (Å²) in [5.74, 6) is 0.833. The average molecular weight is 141 g/mol. The lowest BCUT2D eigenvalue weighted by atomic mass is 10.0. The van der Waals surface area contributed by atoms with E-state index in [2.05, 4.69) is 18.9 Å². The molecule has 0 aromatic heterocycles. The normalized spacial score (nSPS) is 48.0. The molecule has 3 atom stereocenters. The predicted octanol–water partition coefficient (Wildman–Crippen LogP) is 0.725. The van der Waals surface area contributed by atoms with Crippen molar-refractivity contribution in [3.8, 4) is 0 Å². The monoisotopic (exact) mass is 141 g/mol. The van der Waals surface area contributed by atoms with Crippen molar-refractivity contribution >= 4 is 0 Å². The molecule has 2 heterocycles. The summed E-state index contributed by atoms with van der Waals surface area (Å²) in [6.07, 6.45) is 1.82. The first-order valence-corrected chi connectivity index (χ1v) is 4.11. The number of rotatable bonds is 0. The molecule has 2 aliphatic heterocycles. The molecule has 0 amide bonds. The van der Waals surface area contributed by atoms with E-state index in [1.54, 1.807) is 0 Å². The summed E-state index contributed by atoms with van der Waals surface area (Å²) in [7, 11) is 2.19. The minimum absolute atomic E-state index is 0.546. The van der Waals surface area contributed by atoms with Crippen LogP contribution in [-0.4, -0.2) is 37.2 Å². The van der Waals surface area contributed by atoms with Crippen molar-refractivity contribution in [2.75, 3.05) is 20.2 Å². The van der Waals surface area contributed by atoms with Crippen molar-refractivity contribution in [1.82, 2.24) is 4.90 Å². The van der Waals surface area contributed by atoms with Gasteiger partial charge in [0.1, 0.15) is 0 Å². The number of fused-ring (bicyclic) bond motifs is 1. The molecule has 2 aliphatic rings. The van der Waals surface area contributed by atoms with Crippen molar-refractivity contribution in [3.63, 3.8) is 0 Å². The van der Waals surface area contributed by atoms with Gasteiger partial charge >= 0.3 is 0 Å². The first-order valence-electron chi connectivity index (χ1n) is 4.11. The molecule has 0 aromatic carbocycles. The summed E-state index contributed by atoms with van der Waals surface area (Å²) in [6, 6.07) is 0.646. The Kier molecular flexibility index (Phi) is 1.46. The molecule has 2 heteroatoms. The van der Waals surface area contributed by atoms with Gasteiger partial charge in [0.05, 0.1) is 6.10 Å². The second-order valence-corrected chi connectivity index (χ2v) is 3.56. The van der Waals surface area contributed by atoms with E-state index in [9.17, 15) is 0 Å². The zero-order valence-corrected chi connectivity index (χ0v) is 6.71. The third-order valence-corrected chi connectivity index (χ3v) is 2.96. The Hall–Kier alpha value is -0.0800. The molecule has 58 valence electrons. The number of nitrogens with zero attached hydrogens (tertiary/aromatic N) is 1. The van der Waals surface area contributed by atoms with E-state index in [4.69, 9.17) is 4.74 Å². The van der Waals surface area contributed by atoms with Crippen LogP contribution in [0.2, 0.25) is 0 Å². The van der Waals surface area contributed by atoms with Gasteiger partial charge < -0.3 is 9.64 Å². The Bertz CT molecular complexity index is 135. The molecule has 0 saturated carbocycles. The summed E-state index contributed by atoms with van der Waals surface area (Å²) >= 11 is 0. The topological polar surface area (TPSA) is 12.5 Å². The second-order valence-electron chi connectivity index (χ2n) is 3.56. The van der Waals surface area contributed by atoms with E-state index in [-0.39, 0.29) is 0 Å². The zero-order valence-electron chi connectivity index (χ0n) is 6.71. The molecule has 0 aliphatic carbocycles. The van der Waals surface area contributed by atoms with Crippen molar-refractivity contribution in [3.05, 3.63) is 0 Å². The summed E-state index contributed by atoms with van der Waals surface area (Å²) in [5.41, 5.74) is 0. The highest BCUT2D eigenvalue weighted by atomic mass is 16.5. The maximum Gasteiger partial charge on any atom is 0.0768 e. The third-order valence-electron chi connectivity index (χ3n) is 2.96. The standard InChI is InChI=1S/C8H15NO/c1-6-8-7(3-4-10-8)5-9(6)2/h6-8H,3-5H2,1-2H3. The van der Waals surface area contributed by atoms with Crippen molar-refractivity contribution in [2.24, 2.45) is 5.92 Å². The van der Waals surface area contributed by atoms with Gasteiger partial charge in [-0.15, -0.1) is 0 Å². The maximum absolute atomic E-state index is 5.62. The predicted molar refractivity (Wildman–Crippen MR) is 39.9 cm³/mol. The van der Waals surface area contributed by atoms with Crippen molar-refractivity contribution in [1.29, 1.82) is 0 Å². The van der Waals surface area contributed by atoms with Crippen molar-refractivity contribution < 1.29 is 4.74 Å². The molecule has 0 spiro atoms. The summed E-state index contributed by atoms with van der Waals surface area (Å²) in [4.78, 5) is 2.40. The fourth-order valence-electron chi connectivity index (χ4n) is 2.17. The summed E-state index contributed by atoms with van der Waals surface area (Å²) < 4.78 is 5.62. The smallest absolute Gasteiger partial charge is 0.0768 e. The molecule has 2 saturated heterocycles.